The Kier molecular flexibility index (Phi) is 8.20. The summed E-state index contributed by atoms with van der Waals surface area (Å²) in [6.45, 7) is -0.351. The molecule has 0 spiro atoms. The zero-order valence-electron chi connectivity index (χ0n) is 8.09. The van der Waals surface area contributed by atoms with E-state index in [9.17, 15) is 21.4 Å². The minimum atomic E-state index is -4.26. The van der Waals surface area contributed by atoms with E-state index in [1.54, 1.807) is 0 Å². The molecule has 0 bridgehead atoms. The molecular weight excluding hydrogens is 227 g/mol. The van der Waals surface area contributed by atoms with Gasteiger partial charge in [0, 0.05) is 6.26 Å². The molecule has 0 aliphatic heterocycles. The summed E-state index contributed by atoms with van der Waals surface area (Å²) in [5, 5.41) is 0. The zero-order chi connectivity index (χ0) is 10.5. The minimum absolute atomic E-state index is 0. The van der Waals surface area contributed by atoms with Crippen LogP contribution < -0.4 is 18.9 Å². The van der Waals surface area contributed by atoms with Crippen molar-refractivity contribution in [2.75, 3.05) is 31.0 Å². The van der Waals surface area contributed by atoms with E-state index in [-0.39, 0.29) is 37.8 Å². The quantitative estimate of drug-likeness (QED) is 0.263. The Morgan fingerprint density at radius 1 is 1.07 bits per heavy atom. The fourth-order valence-electron chi connectivity index (χ4n) is 0.473. The average Bonchev–Trinajstić information content (AvgIpc) is 1.81. The van der Waals surface area contributed by atoms with Crippen molar-refractivity contribution in [1.29, 1.82) is 0 Å². The summed E-state index contributed by atoms with van der Waals surface area (Å²) in [6.07, 6.45) is 1.04. The molecule has 0 aromatic carbocycles. The fourth-order valence-corrected chi connectivity index (χ4v) is 1.22. The van der Waals surface area contributed by atoms with Gasteiger partial charge in [-0.2, -0.15) is 0 Å². The third-order valence-corrected chi connectivity index (χ3v) is 2.65. The van der Waals surface area contributed by atoms with E-state index in [0.29, 0.717) is 0 Å². The van der Waals surface area contributed by atoms with Gasteiger partial charge in [0.1, 0.15) is 9.84 Å². The largest absolute Gasteiger partial charge is 1.00 e. The number of rotatable bonds is 6. The molecular formula is C5H11LiO6S2. The molecule has 0 saturated heterocycles. The summed E-state index contributed by atoms with van der Waals surface area (Å²) in [4.78, 5) is 0. The van der Waals surface area contributed by atoms with Crippen LogP contribution in [0.25, 0.3) is 0 Å². The molecule has 0 radical (unpaired) electrons. The van der Waals surface area contributed by atoms with E-state index in [1.165, 1.54) is 0 Å². The van der Waals surface area contributed by atoms with Crippen LogP contribution in [0.2, 0.25) is 0 Å². The molecule has 0 amide bonds. The van der Waals surface area contributed by atoms with Crippen LogP contribution in [0.15, 0.2) is 0 Å². The minimum Gasteiger partial charge on any atom is -0.748 e. The van der Waals surface area contributed by atoms with Crippen LogP contribution in [0.4, 0.5) is 0 Å². The molecule has 0 saturated carbocycles. The Morgan fingerprint density at radius 2 is 1.50 bits per heavy atom. The van der Waals surface area contributed by atoms with Gasteiger partial charge < -0.3 is 9.29 Å². The average molecular weight is 238 g/mol. The van der Waals surface area contributed by atoms with E-state index in [4.69, 9.17) is 0 Å². The van der Waals surface area contributed by atoms with Crippen molar-refractivity contribution in [3.05, 3.63) is 0 Å². The number of hydrogen-bond acceptors (Lipinski definition) is 6. The number of hydrogen-bond donors (Lipinski definition) is 0. The van der Waals surface area contributed by atoms with Gasteiger partial charge in [0.25, 0.3) is 0 Å². The molecule has 6 nitrogen and oxygen atoms in total. The fraction of sp³-hybridized carbons (Fsp3) is 1.00. The molecule has 0 aliphatic carbocycles. The molecule has 0 rings (SSSR count). The Bertz CT molecular complexity index is 297. The predicted octanol–water partition coefficient (Wildman–Crippen LogP) is -4.40. The van der Waals surface area contributed by atoms with E-state index in [1.807, 2.05) is 0 Å². The molecule has 0 unspecified atom stereocenters. The van der Waals surface area contributed by atoms with E-state index in [0.717, 1.165) is 6.26 Å². The van der Waals surface area contributed by atoms with Gasteiger partial charge in [-0.05, 0) is 0 Å². The zero-order valence-corrected chi connectivity index (χ0v) is 9.73. The molecule has 0 N–H and O–H groups in total. The van der Waals surface area contributed by atoms with Crippen molar-refractivity contribution >= 4 is 20.0 Å². The van der Waals surface area contributed by atoms with Gasteiger partial charge in [0.15, 0.2) is 0 Å². The second-order valence-electron chi connectivity index (χ2n) is 2.50. The first-order valence-corrected chi connectivity index (χ1v) is 7.03. The van der Waals surface area contributed by atoms with Crippen LogP contribution in [0.1, 0.15) is 0 Å². The van der Waals surface area contributed by atoms with Crippen molar-refractivity contribution < 1.29 is 45.0 Å². The van der Waals surface area contributed by atoms with Crippen LogP contribution in [-0.2, 0) is 24.7 Å². The smallest absolute Gasteiger partial charge is 0.748 e. The normalized spacial score (nSPS) is 12.1. The Morgan fingerprint density at radius 3 is 1.86 bits per heavy atom. The molecule has 14 heavy (non-hydrogen) atoms. The van der Waals surface area contributed by atoms with E-state index in [2.05, 4.69) is 4.74 Å². The van der Waals surface area contributed by atoms with Crippen LogP contribution in [0, 0.1) is 0 Å². The van der Waals surface area contributed by atoms with Crippen LogP contribution in [0.3, 0.4) is 0 Å². The Hall–Kier alpha value is 0.417. The van der Waals surface area contributed by atoms with Crippen molar-refractivity contribution in [3.63, 3.8) is 0 Å². The van der Waals surface area contributed by atoms with Gasteiger partial charge in [-0.1, -0.05) is 0 Å². The van der Waals surface area contributed by atoms with Gasteiger partial charge >= 0.3 is 18.9 Å². The van der Waals surface area contributed by atoms with Gasteiger partial charge in [-0.15, -0.1) is 0 Å². The Balaban J connectivity index is 0. The third kappa shape index (κ3) is 14.9. The van der Waals surface area contributed by atoms with Crippen molar-refractivity contribution in [1.82, 2.24) is 0 Å². The Labute approximate surface area is 95.9 Å². The second-order valence-corrected chi connectivity index (χ2v) is 6.29. The monoisotopic (exact) mass is 238 g/mol. The maximum Gasteiger partial charge on any atom is 1.00 e. The molecule has 0 aromatic heterocycles. The maximum absolute atomic E-state index is 10.5. The maximum atomic E-state index is 10.5. The first-order valence-electron chi connectivity index (χ1n) is 3.40. The first-order chi connectivity index (χ1) is 5.71. The first kappa shape index (κ1) is 16.8. The summed E-state index contributed by atoms with van der Waals surface area (Å²) >= 11 is 0. The second kappa shape index (κ2) is 6.82. The SMILES string of the molecule is CS(=O)(=O)CCOCCS(=O)(=O)[O-].[Li+]. The molecule has 0 fully saturated rings. The summed E-state index contributed by atoms with van der Waals surface area (Å²) in [5.74, 6) is -0.803. The molecule has 0 atom stereocenters. The van der Waals surface area contributed by atoms with Crippen molar-refractivity contribution in [3.8, 4) is 0 Å². The summed E-state index contributed by atoms with van der Waals surface area (Å²) < 4.78 is 55.8. The predicted molar refractivity (Wildman–Crippen MR) is 45.1 cm³/mol. The number of sulfone groups is 1. The van der Waals surface area contributed by atoms with Gasteiger partial charge in [-0.3, -0.25) is 0 Å². The van der Waals surface area contributed by atoms with E-state index >= 15 is 0 Å². The van der Waals surface area contributed by atoms with Crippen LogP contribution in [-0.4, -0.2) is 52.4 Å². The molecule has 0 aliphatic rings. The topological polar surface area (TPSA) is 101 Å². The standard InChI is InChI=1S/C5H12O6S2.Li/c1-12(6,7)4-2-11-3-5-13(8,9)10;/h2-5H2,1H3,(H,8,9,10);/q;+1/p-1. The van der Waals surface area contributed by atoms with Crippen molar-refractivity contribution in [2.45, 2.75) is 0 Å². The van der Waals surface area contributed by atoms with Crippen LogP contribution in [0.5, 0.6) is 0 Å². The van der Waals surface area contributed by atoms with E-state index < -0.39 is 25.7 Å². The molecule has 9 heteroatoms. The molecule has 80 valence electrons. The molecule has 0 heterocycles. The van der Waals surface area contributed by atoms with Crippen LogP contribution >= 0.6 is 0 Å². The third-order valence-electron chi connectivity index (χ3n) is 1.08. The summed E-state index contributed by atoms with van der Waals surface area (Å²) in [6, 6.07) is 0. The number of ether oxygens (including phenoxy) is 1. The summed E-state index contributed by atoms with van der Waals surface area (Å²) in [5.41, 5.74) is 0. The van der Waals surface area contributed by atoms with Crippen molar-refractivity contribution in [2.24, 2.45) is 0 Å². The van der Waals surface area contributed by atoms with Gasteiger partial charge in [-0.25, -0.2) is 16.8 Å². The van der Waals surface area contributed by atoms with Gasteiger partial charge in [0.2, 0.25) is 0 Å². The molecule has 0 aromatic rings. The van der Waals surface area contributed by atoms with Gasteiger partial charge in [0.05, 0.1) is 34.8 Å². The summed E-state index contributed by atoms with van der Waals surface area (Å²) in [7, 11) is -7.36.